The number of allylic oxidation sites excluding steroid dienone is 1. The predicted molar refractivity (Wildman–Crippen MR) is 94.0 cm³/mol. The minimum Gasteiger partial charge on any atom is -0.493 e. The third kappa shape index (κ3) is 4.31. The van der Waals surface area contributed by atoms with Crippen molar-refractivity contribution in [2.75, 3.05) is 7.11 Å². The minimum atomic E-state index is -3.11. The summed E-state index contributed by atoms with van der Waals surface area (Å²) in [5, 5.41) is 9.49. The predicted octanol–water partition coefficient (Wildman–Crippen LogP) is 5.39. The van der Waals surface area contributed by atoms with Crippen LogP contribution in [-0.4, -0.2) is 19.5 Å². The summed E-state index contributed by atoms with van der Waals surface area (Å²) in [4.78, 5) is 12.6. The number of hydrogen-bond donors (Lipinski definition) is 0. The number of ether oxygens (including phenoxy) is 2. The molecule has 0 atom stereocenters. The molecule has 0 heterocycles. The van der Waals surface area contributed by atoms with Crippen LogP contribution in [0.15, 0.2) is 42.0 Å². The van der Waals surface area contributed by atoms with E-state index in [9.17, 15) is 18.8 Å². The van der Waals surface area contributed by atoms with Crippen LogP contribution in [0.25, 0.3) is 6.08 Å². The van der Waals surface area contributed by atoms with Gasteiger partial charge in [-0.05, 0) is 24.3 Å². The average molecular weight is 398 g/mol. The SMILES string of the molecule is COc1cccc(/C=C(/C#N)C(=O)c2c(Cl)cccc2Cl)c1OC(F)F. The summed E-state index contributed by atoms with van der Waals surface area (Å²) in [6, 6.07) is 10.5. The highest BCUT2D eigenvalue weighted by atomic mass is 35.5. The molecular weight excluding hydrogens is 387 g/mol. The number of methoxy groups -OCH3 is 1. The number of carbonyl (C=O) groups is 1. The Balaban J connectivity index is 2.56. The molecule has 0 aromatic heterocycles. The van der Waals surface area contributed by atoms with Gasteiger partial charge < -0.3 is 9.47 Å². The smallest absolute Gasteiger partial charge is 0.387 e. The molecule has 0 N–H and O–H groups in total. The van der Waals surface area contributed by atoms with E-state index in [1.165, 1.54) is 37.4 Å². The fourth-order valence-corrected chi connectivity index (χ4v) is 2.75. The molecule has 0 saturated heterocycles. The fraction of sp³-hybridized carbons (Fsp3) is 0.111. The molecule has 0 aliphatic rings. The molecule has 134 valence electrons. The maximum atomic E-state index is 12.7. The zero-order valence-electron chi connectivity index (χ0n) is 13.3. The maximum absolute atomic E-state index is 12.7. The lowest BCUT2D eigenvalue weighted by atomic mass is 10.0. The van der Waals surface area contributed by atoms with E-state index in [1.807, 2.05) is 0 Å². The first-order valence-corrected chi connectivity index (χ1v) is 7.87. The number of ketones is 1. The zero-order valence-corrected chi connectivity index (χ0v) is 14.8. The molecule has 0 aliphatic carbocycles. The van der Waals surface area contributed by atoms with Crippen molar-refractivity contribution in [1.82, 2.24) is 0 Å². The number of para-hydroxylation sites is 1. The van der Waals surface area contributed by atoms with Crippen LogP contribution in [0.5, 0.6) is 11.5 Å². The second kappa shape index (κ2) is 8.65. The van der Waals surface area contributed by atoms with Gasteiger partial charge in [-0.2, -0.15) is 14.0 Å². The van der Waals surface area contributed by atoms with Crippen LogP contribution in [0.4, 0.5) is 8.78 Å². The highest BCUT2D eigenvalue weighted by Crippen LogP contribution is 2.35. The molecular formula is C18H11Cl2F2NO3. The molecule has 26 heavy (non-hydrogen) atoms. The number of halogens is 4. The van der Waals surface area contributed by atoms with E-state index < -0.39 is 12.4 Å². The molecule has 2 rings (SSSR count). The molecule has 0 radical (unpaired) electrons. The Kier molecular flexibility index (Phi) is 6.56. The summed E-state index contributed by atoms with van der Waals surface area (Å²) < 4.78 is 34.9. The Bertz CT molecular complexity index is 888. The number of carbonyl (C=O) groups excluding carboxylic acids is 1. The van der Waals surface area contributed by atoms with Crippen molar-refractivity contribution >= 4 is 35.1 Å². The first-order valence-electron chi connectivity index (χ1n) is 7.11. The van der Waals surface area contributed by atoms with Gasteiger partial charge in [-0.1, -0.05) is 41.4 Å². The van der Waals surface area contributed by atoms with E-state index in [0.29, 0.717) is 0 Å². The molecule has 8 heteroatoms. The van der Waals surface area contributed by atoms with Crippen molar-refractivity contribution in [3.05, 3.63) is 63.1 Å². The Morgan fingerprint density at radius 1 is 1.19 bits per heavy atom. The normalized spacial score (nSPS) is 11.2. The van der Waals surface area contributed by atoms with E-state index in [4.69, 9.17) is 27.9 Å². The van der Waals surface area contributed by atoms with Gasteiger partial charge in [0.05, 0.1) is 22.7 Å². The van der Waals surface area contributed by atoms with Crippen molar-refractivity contribution in [2.45, 2.75) is 6.61 Å². The standard InChI is InChI=1S/C18H11Cl2F2NO3/c1-25-14-7-2-4-10(17(14)26-18(21)22)8-11(9-23)16(24)15-12(19)5-3-6-13(15)20/h2-8,18H,1H3/b11-8-. The van der Waals surface area contributed by atoms with Crippen LogP contribution in [0.1, 0.15) is 15.9 Å². The van der Waals surface area contributed by atoms with Gasteiger partial charge in [0.2, 0.25) is 5.78 Å². The number of nitriles is 1. The van der Waals surface area contributed by atoms with E-state index in [0.717, 1.165) is 6.08 Å². The van der Waals surface area contributed by atoms with Gasteiger partial charge in [0, 0.05) is 5.56 Å². The third-order valence-corrected chi connectivity index (χ3v) is 3.92. The largest absolute Gasteiger partial charge is 0.493 e. The first-order chi connectivity index (χ1) is 12.4. The fourth-order valence-electron chi connectivity index (χ4n) is 2.18. The van der Waals surface area contributed by atoms with Crippen LogP contribution >= 0.6 is 23.2 Å². The molecule has 0 aliphatic heterocycles. The average Bonchev–Trinajstić information content (AvgIpc) is 2.59. The first kappa shape index (κ1) is 19.7. The van der Waals surface area contributed by atoms with Gasteiger partial charge >= 0.3 is 6.61 Å². The molecule has 4 nitrogen and oxygen atoms in total. The Hall–Kier alpha value is -2.62. The highest BCUT2D eigenvalue weighted by molar-refractivity contribution is 6.41. The minimum absolute atomic E-state index is 0.0274. The van der Waals surface area contributed by atoms with Crippen molar-refractivity contribution in [1.29, 1.82) is 5.26 Å². The molecule has 2 aromatic carbocycles. The maximum Gasteiger partial charge on any atom is 0.387 e. The van der Waals surface area contributed by atoms with Gasteiger partial charge in [-0.15, -0.1) is 0 Å². The number of hydrogen-bond acceptors (Lipinski definition) is 4. The van der Waals surface area contributed by atoms with Gasteiger partial charge in [-0.3, -0.25) is 4.79 Å². The summed E-state index contributed by atoms with van der Waals surface area (Å²) in [6.07, 6.45) is 1.11. The highest BCUT2D eigenvalue weighted by Gasteiger charge is 2.21. The summed E-state index contributed by atoms with van der Waals surface area (Å²) in [7, 11) is 1.28. The number of rotatable bonds is 6. The van der Waals surface area contributed by atoms with Gasteiger partial charge in [0.25, 0.3) is 0 Å². The monoisotopic (exact) mass is 397 g/mol. The second-order valence-corrected chi connectivity index (χ2v) is 5.67. The van der Waals surface area contributed by atoms with Crippen LogP contribution in [-0.2, 0) is 0 Å². The van der Waals surface area contributed by atoms with E-state index in [-0.39, 0.29) is 38.2 Å². The van der Waals surface area contributed by atoms with E-state index in [2.05, 4.69) is 4.74 Å². The molecule has 0 unspecified atom stereocenters. The molecule has 0 bridgehead atoms. The summed E-state index contributed by atoms with van der Waals surface area (Å²) in [5.74, 6) is -1.01. The Morgan fingerprint density at radius 2 is 1.81 bits per heavy atom. The molecule has 0 amide bonds. The van der Waals surface area contributed by atoms with Crippen molar-refractivity contribution in [2.24, 2.45) is 0 Å². The quantitative estimate of drug-likeness (QED) is 0.372. The summed E-state index contributed by atoms with van der Waals surface area (Å²) >= 11 is 12.0. The zero-order chi connectivity index (χ0) is 19.3. The van der Waals surface area contributed by atoms with Crippen LogP contribution < -0.4 is 9.47 Å². The lowest BCUT2D eigenvalue weighted by Crippen LogP contribution is -2.07. The van der Waals surface area contributed by atoms with Crippen molar-refractivity contribution < 1.29 is 23.0 Å². The van der Waals surface area contributed by atoms with E-state index in [1.54, 1.807) is 12.1 Å². The molecule has 0 spiro atoms. The lowest BCUT2D eigenvalue weighted by Gasteiger charge is -2.12. The topological polar surface area (TPSA) is 59.3 Å². The number of benzene rings is 2. The molecule has 2 aromatic rings. The summed E-state index contributed by atoms with van der Waals surface area (Å²) in [5.41, 5.74) is -0.340. The molecule has 0 fully saturated rings. The molecule has 0 saturated carbocycles. The van der Waals surface area contributed by atoms with Gasteiger partial charge in [0.15, 0.2) is 11.5 Å². The Morgan fingerprint density at radius 3 is 2.35 bits per heavy atom. The van der Waals surface area contributed by atoms with Crippen LogP contribution in [0, 0.1) is 11.3 Å². The lowest BCUT2D eigenvalue weighted by molar-refractivity contribution is -0.0513. The number of Topliss-reactive ketones (excluding diaryl/α,β-unsaturated/α-hetero) is 1. The van der Waals surface area contributed by atoms with Crippen LogP contribution in [0.2, 0.25) is 10.0 Å². The van der Waals surface area contributed by atoms with Crippen LogP contribution in [0.3, 0.4) is 0 Å². The van der Waals surface area contributed by atoms with Crippen molar-refractivity contribution in [3.63, 3.8) is 0 Å². The second-order valence-electron chi connectivity index (χ2n) is 4.85. The number of alkyl halides is 2. The van der Waals surface area contributed by atoms with Gasteiger partial charge in [-0.25, -0.2) is 0 Å². The third-order valence-electron chi connectivity index (χ3n) is 3.29. The Labute approximate surface area is 158 Å². The number of nitrogens with zero attached hydrogens (tertiary/aromatic N) is 1. The summed E-state index contributed by atoms with van der Waals surface area (Å²) in [6.45, 7) is -3.11. The van der Waals surface area contributed by atoms with Crippen molar-refractivity contribution in [3.8, 4) is 17.6 Å². The van der Waals surface area contributed by atoms with Gasteiger partial charge in [0.1, 0.15) is 11.6 Å². The van der Waals surface area contributed by atoms with E-state index >= 15 is 0 Å².